The van der Waals surface area contributed by atoms with Gasteiger partial charge in [0.05, 0.1) is 18.8 Å². The third-order valence-electron chi connectivity index (χ3n) is 5.18. The molecule has 170 valence electrons. The van der Waals surface area contributed by atoms with Gasteiger partial charge in [-0.1, -0.05) is 27.7 Å². The average Bonchev–Trinajstić information content (AvgIpc) is 3.12. The normalized spacial score (nSPS) is 17.7. The molecule has 1 aromatic heterocycles. The standard InChI is InChI=1S/C20H29FN6O3S/c1-11(2)15-6-13(21)7-16(12(3)4)18(15)25-20(28)26-31(22,29)17-8-24-27-9-14(23-5)10-30-19(17)27/h6-8,11-12,14,23H,9-10H2,1-5H3,(H3,22,25,26,28,29)/t14-,31+/m0/s1. The fourth-order valence-electron chi connectivity index (χ4n) is 3.47. The molecule has 0 unspecified atom stereocenters. The number of urea groups is 1. The number of nitrogens with one attached hydrogen (secondary N) is 4. The van der Waals surface area contributed by atoms with Gasteiger partial charge in [-0.3, -0.25) is 0 Å². The molecule has 1 aliphatic rings. The van der Waals surface area contributed by atoms with Crippen LogP contribution < -0.4 is 20.1 Å². The van der Waals surface area contributed by atoms with Gasteiger partial charge in [0.15, 0.2) is 9.92 Å². The van der Waals surface area contributed by atoms with E-state index >= 15 is 0 Å². The summed E-state index contributed by atoms with van der Waals surface area (Å²) in [6, 6.07) is 1.98. The second-order valence-corrected chi connectivity index (χ2v) is 9.93. The summed E-state index contributed by atoms with van der Waals surface area (Å²) in [6.07, 6.45) is 1.28. The number of carbonyl (C=O) groups is 1. The number of hydrogen-bond acceptors (Lipinski definition) is 6. The minimum atomic E-state index is -3.74. The van der Waals surface area contributed by atoms with Crippen molar-refractivity contribution in [2.75, 3.05) is 19.0 Å². The van der Waals surface area contributed by atoms with Crippen molar-refractivity contribution in [1.82, 2.24) is 19.8 Å². The van der Waals surface area contributed by atoms with Crippen molar-refractivity contribution in [3.8, 4) is 5.88 Å². The molecule has 2 aromatic rings. The number of benzene rings is 1. The fourth-order valence-corrected chi connectivity index (χ4v) is 4.50. The maximum absolute atomic E-state index is 14.1. The van der Waals surface area contributed by atoms with E-state index < -0.39 is 15.9 Å². The number of likely N-dealkylation sites (N-methyl/N-ethyl adjacent to an activating group) is 1. The largest absolute Gasteiger partial charge is 0.475 e. The summed E-state index contributed by atoms with van der Waals surface area (Å²) in [5.41, 5.74) is 1.71. The zero-order valence-electron chi connectivity index (χ0n) is 18.3. The highest BCUT2D eigenvalue weighted by atomic mass is 32.2. The van der Waals surface area contributed by atoms with Crippen LogP contribution in [-0.2, 0) is 16.5 Å². The fraction of sp³-hybridized carbons (Fsp3) is 0.500. The minimum Gasteiger partial charge on any atom is -0.475 e. The van der Waals surface area contributed by atoms with Gasteiger partial charge in [0, 0.05) is 5.69 Å². The smallest absolute Gasteiger partial charge is 0.331 e. The van der Waals surface area contributed by atoms with Crippen LogP contribution in [0.5, 0.6) is 5.88 Å². The number of halogens is 1. The molecule has 2 atom stereocenters. The van der Waals surface area contributed by atoms with Crippen LogP contribution in [-0.4, -0.2) is 39.7 Å². The number of rotatable bonds is 6. The number of nitrogens with zero attached hydrogens (tertiary/aromatic N) is 2. The number of carbonyl (C=O) groups excluding carboxylic acids is 1. The summed E-state index contributed by atoms with van der Waals surface area (Å²) in [5.74, 6) is -0.286. The number of amides is 2. The summed E-state index contributed by atoms with van der Waals surface area (Å²) in [5, 5.41) is 9.90. The van der Waals surface area contributed by atoms with E-state index in [4.69, 9.17) is 9.52 Å². The number of fused-ring (bicyclic) bond motifs is 1. The third-order valence-corrected chi connectivity index (χ3v) is 6.55. The van der Waals surface area contributed by atoms with Crippen molar-refractivity contribution in [2.24, 2.45) is 0 Å². The summed E-state index contributed by atoms with van der Waals surface area (Å²) >= 11 is 0. The van der Waals surface area contributed by atoms with Gasteiger partial charge >= 0.3 is 6.03 Å². The van der Waals surface area contributed by atoms with Crippen LogP contribution in [0.25, 0.3) is 0 Å². The Bertz CT molecular complexity index is 1050. The highest BCUT2D eigenvalue weighted by molar-refractivity contribution is 7.91. The second-order valence-electron chi connectivity index (χ2n) is 8.17. The quantitative estimate of drug-likeness (QED) is 0.535. The van der Waals surface area contributed by atoms with Gasteiger partial charge in [-0.25, -0.2) is 27.6 Å². The number of aromatic nitrogens is 2. The Labute approximate surface area is 181 Å². The number of hydrogen-bond donors (Lipinski definition) is 4. The van der Waals surface area contributed by atoms with Gasteiger partial charge < -0.3 is 15.4 Å². The summed E-state index contributed by atoms with van der Waals surface area (Å²) in [7, 11) is -1.94. The number of anilines is 1. The van der Waals surface area contributed by atoms with E-state index in [0.29, 0.717) is 30.0 Å². The molecule has 0 aliphatic carbocycles. The van der Waals surface area contributed by atoms with Crippen molar-refractivity contribution >= 4 is 21.6 Å². The van der Waals surface area contributed by atoms with Gasteiger partial charge in [0.25, 0.3) is 0 Å². The second kappa shape index (κ2) is 8.83. The first-order valence-electron chi connectivity index (χ1n) is 10.1. The monoisotopic (exact) mass is 452 g/mol. The molecule has 1 aromatic carbocycles. The lowest BCUT2D eigenvalue weighted by atomic mass is 9.92. The molecule has 2 amide bonds. The predicted octanol–water partition coefficient (Wildman–Crippen LogP) is 3.39. The molecule has 1 aliphatic heterocycles. The molecule has 0 radical (unpaired) electrons. The van der Waals surface area contributed by atoms with E-state index in [1.165, 1.54) is 23.0 Å². The van der Waals surface area contributed by atoms with Crippen LogP contribution in [0.15, 0.2) is 23.2 Å². The summed E-state index contributed by atoms with van der Waals surface area (Å²) in [4.78, 5) is 12.7. The first-order chi connectivity index (χ1) is 14.5. The molecule has 11 heteroatoms. The van der Waals surface area contributed by atoms with Gasteiger partial charge in [-0.2, -0.15) is 5.10 Å². The van der Waals surface area contributed by atoms with Gasteiger partial charge in [0.2, 0.25) is 5.88 Å². The SMILES string of the molecule is CN[C@@H]1COc2c([S@](=N)(=O)NC(=O)Nc3c(C(C)C)cc(F)cc3C(C)C)cnn2C1. The molecular weight excluding hydrogens is 423 g/mol. The van der Waals surface area contributed by atoms with E-state index in [9.17, 15) is 13.4 Å². The molecule has 0 bridgehead atoms. The molecule has 0 saturated heterocycles. The Hall–Kier alpha value is -2.66. The summed E-state index contributed by atoms with van der Waals surface area (Å²) < 4.78 is 44.8. The lowest BCUT2D eigenvalue weighted by Crippen LogP contribution is -2.40. The van der Waals surface area contributed by atoms with Crippen LogP contribution in [0, 0.1) is 10.6 Å². The Balaban J connectivity index is 1.86. The van der Waals surface area contributed by atoms with E-state index in [1.54, 1.807) is 7.05 Å². The predicted molar refractivity (Wildman–Crippen MR) is 116 cm³/mol. The third kappa shape index (κ3) is 4.82. The Morgan fingerprint density at radius 1 is 1.29 bits per heavy atom. The molecule has 0 saturated carbocycles. The van der Waals surface area contributed by atoms with Gasteiger partial charge in [0.1, 0.15) is 17.3 Å². The van der Waals surface area contributed by atoms with Crippen LogP contribution in [0.4, 0.5) is 14.9 Å². The molecule has 0 fully saturated rings. The van der Waals surface area contributed by atoms with Crippen LogP contribution in [0.3, 0.4) is 0 Å². The molecule has 2 heterocycles. The summed E-state index contributed by atoms with van der Waals surface area (Å²) in [6.45, 7) is 8.41. The van der Waals surface area contributed by atoms with Crippen molar-refractivity contribution in [3.05, 3.63) is 35.3 Å². The van der Waals surface area contributed by atoms with Crippen LogP contribution >= 0.6 is 0 Å². The van der Waals surface area contributed by atoms with E-state index in [1.807, 2.05) is 27.7 Å². The molecule has 31 heavy (non-hydrogen) atoms. The Morgan fingerprint density at radius 3 is 2.45 bits per heavy atom. The maximum Gasteiger partial charge on any atom is 0.331 e. The zero-order valence-corrected chi connectivity index (χ0v) is 19.1. The lowest BCUT2D eigenvalue weighted by Gasteiger charge is -2.24. The first-order valence-corrected chi connectivity index (χ1v) is 11.7. The van der Waals surface area contributed by atoms with Gasteiger partial charge in [-0.15, -0.1) is 0 Å². The zero-order chi connectivity index (χ0) is 22.9. The van der Waals surface area contributed by atoms with E-state index in [0.717, 1.165) is 0 Å². The van der Waals surface area contributed by atoms with Crippen molar-refractivity contribution in [2.45, 2.75) is 57.0 Å². The minimum absolute atomic E-state index is 0.00414. The molecule has 9 nitrogen and oxygen atoms in total. The highest BCUT2D eigenvalue weighted by Crippen LogP contribution is 2.34. The van der Waals surface area contributed by atoms with Crippen LogP contribution in [0.1, 0.15) is 50.7 Å². The van der Waals surface area contributed by atoms with E-state index in [2.05, 4.69) is 20.5 Å². The Morgan fingerprint density at radius 2 is 1.90 bits per heavy atom. The van der Waals surface area contributed by atoms with Gasteiger partial charge in [-0.05, 0) is 42.1 Å². The average molecular weight is 453 g/mol. The highest BCUT2D eigenvalue weighted by Gasteiger charge is 2.29. The number of ether oxygens (including phenoxy) is 1. The first kappa shape index (κ1) is 23.0. The van der Waals surface area contributed by atoms with Crippen molar-refractivity contribution < 1.29 is 18.1 Å². The van der Waals surface area contributed by atoms with Crippen LogP contribution in [0.2, 0.25) is 0 Å². The molecular formula is C20H29FN6O3S. The lowest BCUT2D eigenvalue weighted by molar-refractivity contribution is 0.184. The van der Waals surface area contributed by atoms with Crippen molar-refractivity contribution in [1.29, 1.82) is 4.78 Å². The van der Waals surface area contributed by atoms with E-state index in [-0.39, 0.29) is 34.5 Å². The molecule has 0 spiro atoms. The molecule has 3 rings (SSSR count). The Kier molecular flexibility index (Phi) is 6.56. The van der Waals surface area contributed by atoms with Crippen molar-refractivity contribution in [3.63, 3.8) is 0 Å². The molecule has 4 N–H and O–H groups in total. The maximum atomic E-state index is 14.1. The topological polar surface area (TPSA) is 121 Å².